The van der Waals surface area contributed by atoms with Crippen molar-refractivity contribution in [3.8, 4) is 0 Å². The van der Waals surface area contributed by atoms with E-state index in [1.165, 1.54) is 17.5 Å². The Balaban J connectivity index is 2.15. The third-order valence-corrected chi connectivity index (χ3v) is 4.91. The summed E-state index contributed by atoms with van der Waals surface area (Å²) in [4.78, 5) is 9.58. The molecule has 1 fully saturated rings. The molecule has 11 nitrogen and oxygen atoms in total. The van der Waals surface area contributed by atoms with Gasteiger partial charge in [0.1, 0.15) is 6.10 Å². The number of pyridine rings is 1. The summed E-state index contributed by atoms with van der Waals surface area (Å²) < 4.78 is 6.37. The Labute approximate surface area is 138 Å². The van der Waals surface area contributed by atoms with Crippen LogP contribution in [0.15, 0.2) is 27.9 Å². The lowest BCUT2D eigenvalue weighted by atomic mass is 9.98. The van der Waals surface area contributed by atoms with Crippen LogP contribution in [0.5, 0.6) is 0 Å². The average molecular weight is 348 g/mol. The molecular formula is C12H12N8O3S. The fourth-order valence-electron chi connectivity index (χ4n) is 2.72. The molecule has 2 aromatic heterocycles. The van der Waals surface area contributed by atoms with E-state index >= 15 is 0 Å². The number of ether oxygens (including phenoxy) is 1. The van der Waals surface area contributed by atoms with Crippen LogP contribution in [0.3, 0.4) is 0 Å². The van der Waals surface area contributed by atoms with E-state index in [2.05, 4.69) is 25.0 Å². The van der Waals surface area contributed by atoms with E-state index in [1.807, 2.05) is 0 Å². The van der Waals surface area contributed by atoms with Gasteiger partial charge in [-0.2, -0.15) is 0 Å². The van der Waals surface area contributed by atoms with E-state index in [-0.39, 0.29) is 0 Å². The number of hydrogen-bond donors (Lipinski definition) is 3. The Bertz CT molecular complexity index is 874. The van der Waals surface area contributed by atoms with Gasteiger partial charge in [0.2, 0.25) is 0 Å². The molecule has 4 N–H and O–H groups in total. The van der Waals surface area contributed by atoms with Gasteiger partial charge in [0.25, 0.3) is 0 Å². The summed E-state index contributed by atoms with van der Waals surface area (Å²) in [7, 11) is 0. The minimum Gasteiger partial charge on any atom is -0.397 e. The number of aromatic nitrogens is 1. The summed E-state index contributed by atoms with van der Waals surface area (Å²) >= 11 is 1.32. The molecule has 0 amide bonds. The fraction of sp³-hybridized carbons (Fsp3) is 0.417. The van der Waals surface area contributed by atoms with Crippen molar-refractivity contribution in [2.75, 3.05) is 12.3 Å². The maximum atomic E-state index is 10.4. The van der Waals surface area contributed by atoms with Crippen molar-refractivity contribution in [3.63, 3.8) is 0 Å². The first kappa shape index (κ1) is 16.3. The van der Waals surface area contributed by atoms with Crippen molar-refractivity contribution in [2.24, 2.45) is 10.2 Å². The van der Waals surface area contributed by atoms with Gasteiger partial charge >= 0.3 is 0 Å². The van der Waals surface area contributed by atoms with Gasteiger partial charge in [0, 0.05) is 21.6 Å². The quantitative estimate of drug-likeness (QED) is 0.432. The number of fused-ring (bicyclic) bond motifs is 1. The van der Waals surface area contributed by atoms with Crippen molar-refractivity contribution in [1.82, 2.24) is 4.98 Å². The van der Waals surface area contributed by atoms with Crippen LogP contribution < -0.4 is 5.73 Å². The normalized spacial score (nSPS) is 29.2. The predicted octanol–water partition coefficient (Wildman–Crippen LogP) is 1.99. The van der Waals surface area contributed by atoms with E-state index in [9.17, 15) is 10.2 Å². The average Bonchev–Trinajstić information content (AvgIpc) is 3.11. The number of nitrogens with zero attached hydrogens (tertiary/aromatic N) is 7. The number of rotatable bonds is 4. The SMILES string of the molecule is [N-]=[N+]=N[C@H]1[C@H](c2csc3c(N)ccnc23)O[C@@](CO)(N=[N+]=[N-])[C@H]1O. The molecule has 12 heteroatoms. The lowest BCUT2D eigenvalue weighted by Gasteiger charge is -2.24. The van der Waals surface area contributed by atoms with E-state index in [0.29, 0.717) is 16.8 Å². The van der Waals surface area contributed by atoms with Crippen LogP contribution in [-0.2, 0) is 4.74 Å². The van der Waals surface area contributed by atoms with E-state index in [0.717, 1.165) is 4.70 Å². The minimum atomic E-state index is -1.94. The third kappa shape index (κ3) is 2.31. The maximum absolute atomic E-state index is 10.4. The number of thiophene rings is 1. The predicted molar refractivity (Wildman–Crippen MR) is 85.8 cm³/mol. The van der Waals surface area contributed by atoms with E-state index in [4.69, 9.17) is 21.5 Å². The standard InChI is InChI=1S/C12H12N8O3S/c13-6-1-2-16-7-5(3-24-10(6)7)9-8(17-19-14)11(22)12(4-21,23-9)18-20-15/h1-3,8-9,11,21-22H,4H2,(H2,13,16)/t8-,9-,11-,12+/m0/s1. The van der Waals surface area contributed by atoms with Crippen LogP contribution in [0.25, 0.3) is 31.1 Å². The molecule has 124 valence electrons. The molecular weight excluding hydrogens is 336 g/mol. The summed E-state index contributed by atoms with van der Waals surface area (Å²) in [6, 6.07) is 0.546. The van der Waals surface area contributed by atoms with Crippen LogP contribution in [0.4, 0.5) is 5.69 Å². The first-order valence-corrected chi connectivity index (χ1v) is 7.64. The number of nitrogens with two attached hydrogens (primary N) is 1. The smallest absolute Gasteiger partial charge is 0.196 e. The zero-order valence-corrected chi connectivity index (χ0v) is 12.9. The second-order valence-corrected chi connectivity index (χ2v) is 6.02. The molecule has 4 atom stereocenters. The Kier molecular flexibility index (Phi) is 4.16. The number of azide groups is 2. The molecule has 0 bridgehead atoms. The minimum absolute atomic E-state index is 0.526. The molecule has 3 rings (SSSR count). The van der Waals surface area contributed by atoms with Gasteiger partial charge in [-0.15, -0.1) is 11.3 Å². The first-order valence-electron chi connectivity index (χ1n) is 6.76. The van der Waals surface area contributed by atoms with Crippen LogP contribution in [0.1, 0.15) is 11.7 Å². The van der Waals surface area contributed by atoms with Gasteiger partial charge < -0.3 is 20.7 Å². The highest BCUT2D eigenvalue weighted by Crippen LogP contribution is 2.46. The highest BCUT2D eigenvalue weighted by Gasteiger charge is 2.55. The van der Waals surface area contributed by atoms with Crippen molar-refractivity contribution in [1.29, 1.82) is 0 Å². The summed E-state index contributed by atoms with van der Waals surface area (Å²) in [5.74, 6) is 0. The number of anilines is 1. The Hall–Kier alpha value is -2.59. The van der Waals surface area contributed by atoms with Crippen LogP contribution in [0.2, 0.25) is 0 Å². The van der Waals surface area contributed by atoms with E-state index < -0.39 is 30.6 Å². The lowest BCUT2D eigenvalue weighted by Crippen LogP contribution is -2.43. The van der Waals surface area contributed by atoms with Gasteiger partial charge in [-0.1, -0.05) is 10.2 Å². The molecule has 0 radical (unpaired) electrons. The molecule has 1 saturated heterocycles. The second-order valence-electron chi connectivity index (χ2n) is 5.14. The van der Waals surface area contributed by atoms with Crippen LogP contribution in [-0.4, -0.2) is 39.7 Å². The molecule has 1 aliphatic rings. The van der Waals surface area contributed by atoms with E-state index in [1.54, 1.807) is 11.4 Å². The third-order valence-electron chi connectivity index (χ3n) is 3.87. The largest absolute Gasteiger partial charge is 0.397 e. The van der Waals surface area contributed by atoms with Crippen LogP contribution >= 0.6 is 11.3 Å². The second kappa shape index (κ2) is 6.13. The molecule has 0 saturated carbocycles. The highest BCUT2D eigenvalue weighted by molar-refractivity contribution is 7.18. The van der Waals surface area contributed by atoms with Gasteiger partial charge in [0.05, 0.1) is 34.7 Å². The lowest BCUT2D eigenvalue weighted by molar-refractivity contribution is -0.107. The van der Waals surface area contributed by atoms with Crippen molar-refractivity contribution >= 4 is 27.2 Å². The highest BCUT2D eigenvalue weighted by atomic mass is 32.1. The first-order chi connectivity index (χ1) is 11.6. The number of hydrogen-bond acceptors (Lipinski definition) is 8. The summed E-state index contributed by atoms with van der Waals surface area (Å²) in [5, 5.41) is 28.6. The molecule has 0 spiro atoms. The Morgan fingerprint density at radius 2 is 2.25 bits per heavy atom. The molecule has 3 heterocycles. The van der Waals surface area contributed by atoms with Crippen LogP contribution in [0, 0.1) is 0 Å². The molecule has 24 heavy (non-hydrogen) atoms. The van der Waals surface area contributed by atoms with Crippen molar-refractivity contribution < 1.29 is 14.9 Å². The van der Waals surface area contributed by atoms with Gasteiger partial charge in [0.15, 0.2) is 5.72 Å². The summed E-state index contributed by atoms with van der Waals surface area (Å²) in [6.07, 6.45) is -0.943. The van der Waals surface area contributed by atoms with Crippen molar-refractivity contribution in [2.45, 2.75) is 24.0 Å². The van der Waals surface area contributed by atoms with Crippen molar-refractivity contribution in [3.05, 3.63) is 44.1 Å². The Morgan fingerprint density at radius 3 is 2.92 bits per heavy atom. The van der Waals surface area contributed by atoms with Gasteiger partial charge in [-0.3, -0.25) is 4.98 Å². The fourth-order valence-corrected chi connectivity index (χ4v) is 3.69. The monoisotopic (exact) mass is 348 g/mol. The zero-order valence-electron chi connectivity index (χ0n) is 12.1. The zero-order chi connectivity index (χ0) is 17.3. The molecule has 0 unspecified atom stereocenters. The van der Waals surface area contributed by atoms with Gasteiger partial charge in [-0.25, -0.2) is 0 Å². The summed E-state index contributed by atoms with van der Waals surface area (Å²) in [5.41, 5.74) is 23.0. The number of aliphatic hydroxyl groups is 2. The molecule has 2 aromatic rings. The topological polar surface area (TPSA) is 186 Å². The maximum Gasteiger partial charge on any atom is 0.196 e. The number of aliphatic hydroxyl groups excluding tert-OH is 2. The molecule has 1 aliphatic heterocycles. The van der Waals surface area contributed by atoms with Gasteiger partial charge in [-0.05, 0) is 22.5 Å². The Morgan fingerprint density at radius 1 is 1.46 bits per heavy atom. The molecule has 0 aromatic carbocycles. The summed E-state index contributed by atoms with van der Waals surface area (Å²) in [6.45, 7) is -0.774. The number of nitrogen functional groups attached to an aromatic ring is 1. The molecule has 0 aliphatic carbocycles.